The highest BCUT2D eigenvalue weighted by Crippen LogP contribution is 2.29. The zero-order chi connectivity index (χ0) is 24.8. The summed E-state index contributed by atoms with van der Waals surface area (Å²) in [6, 6.07) is 13.5. The highest BCUT2D eigenvalue weighted by Gasteiger charge is 2.16. The van der Waals surface area contributed by atoms with Crippen molar-refractivity contribution in [3.63, 3.8) is 0 Å². The normalized spacial score (nSPS) is 12.9. The van der Waals surface area contributed by atoms with E-state index in [0.717, 1.165) is 23.1 Å². The number of ether oxygens (including phenoxy) is 1. The van der Waals surface area contributed by atoms with Crippen molar-refractivity contribution < 1.29 is 18.8 Å². The van der Waals surface area contributed by atoms with Crippen LogP contribution < -0.4 is 15.2 Å². The number of benzene rings is 2. The summed E-state index contributed by atoms with van der Waals surface area (Å²) in [4.78, 5) is 20.5. The van der Waals surface area contributed by atoms with Crippen molar-refractivity contribution in [1.29, 1.82) is 0 Å². The second kappa shape index (κ2) is 11.2. The maximum Gasteiger partial charge on any atom is 0.335 e. The van der Waals surface area contributed by atoms with Gasteiger partial charge in [-0.05, 0) is 55.5 Å². The summed E-state index contributed by atoms with van der Waals surface area (Å²) in [5.74, 6) is -0.242. The lowest BCUT2D eigenvalue weighted by Gasteiger charge is -2.16. The summed E-state index contributed by atoms with van der Waals surface area (Å²) < 4.78 is 21.6. The molecule has 3 rings (SSSR count). The number of anilines is 1. The number of aromatic nitrogens is 2. The number of carboxylic acids is 1. The second-order valence-corrected chi connectivity index (χ2v) is 9.80. The van der Waals surface area contributed by atoms with Crippen molar-refractivity contribution in [2.24, 2.45) is 11.7 Å². The van der Waals surface area contributed by atoms with Crippen molar-refractivity contribution in [3.8, 4) is 17.1 Å². The Kier molecular flexibility index (Phi) is 8.36. The van der Waals surface area contributed by atoms with Gasteiger partial charge in [0.1, 0.15) is 6.61 Å². The number of aromatic carboxylic acids is 1. The fraction of sp³-hybridized carbons (Fsp3) is 0.320. The molecule has 8 nitrogen and oxygen atoms in total. The SMILES string of the molecule is Cc1cccc(C)c1-c1cc(OCC(N)CC(C)C)nc(NS(=O)c2cccc(C(=O)O)c2)n1. The predicted molar refractivity (Wildman–Crippen MR) is 133 cm³/mol. The quantitative estimate of drug-likeness (QED) is 0.392. The molecule has 0 amide bonds. The molecule has 2 aromatic carbocycles. The van der Waals surface area contributed by atoms with Crippen molar-refractivity contribution >= 4 is 22.9 Å². The van der Waals surface area contributed by atoms with E-state index in [-0.39, 0.29) is 24.2 Å². The maximum absolute atomic E-state index is 12.9. The highest BCUT2D eigenvalue weighted by molar-refractivity contribution is 7.86. The molecule has 1 aromatic heterocycles. The van der Waals surface area contributed by atoms with Crippen LogP contribution in [0, 0.1) is 19.8 Å². The average molecular weight is 483 g/mol. The van der Waals surface area contributed by atoms with Gasteiger partial charge in [-0.15, -0.1) is 0 Å². The highest BCUT2D eigenvalue weighted by atomic mass is 32.2. The molecule has 0 bridgehead atoms. The van der Waals surface area contributed by atoms with Crippen LogP contribution in [0.25, 0.3) is 11.3 Å². The first-order valence-electron chi connectivity index (χ1n) is 11.0. The third-order valence-corrected chi connectivity index (χ3v) is 6.19. The summed E-state index contributed by atoms with van der Waals surface area (Å²) in [6.45, 7) is 8.46. The Hall–Kier alpha value is -3.30. The zero-order valence-electron chi connectivity index (χ0n) is 19.7. The third kappa shape index (κ3) is 6.61. The first-order valence-corrected chi connectivity index (χ1v) is 12.1. The van der Waals surface area contributed by atoms with E-state index < -0.39 is 17.0 Å². The van der Waals surface area contributed by atoms with Crippen molar-refractivity contribution in [3.05, 3.63) is 65.2 Å². The van der Waals surface area contributed by atoms with Crippen LogP contribution >= 0.6 is 0 Å². The molecular weight excluding hydrogens is 452 g/mol. The fourth-order valence-corrected chi connectivity index (χ4v) is 4.45. The molecule has 3 aromatic rings. The molecule has 0 spiro atoms. The summed E-state index contributed by atoms with van der Waals surface area (Å²) in [5.41, 5.74) is 9.83. The number of rotatable bonds is 10. The van der Waals surface area contributed by atoms with Gasteiger partial charge in [0, 0.05) is 17.7 Å². The Labute approximate surface area is 202 Å². The van der Waals surface area contributed by atoms with E-state index in [4.69, 9.17) is 10.5 Å². The predicted octanol–water partition coefficient (Wildman–Crippen LogP) is 4.35. The molecule has 4 N–H and O–H groups in total. The number of nitrogens with two attached hydrogens (primary N) is 1. The first-order chi connectivity index (χ1) is 16.1. The van der Waals surface area contributed by atoms with E-state index in [1.54, 1.807) is 12.1 Å². The second-order valence-electron chi connectivity index (χ2n) is 8.59. The van der Waals surface area contributed by atoms with E-state index in [9.17, 15) is 14.1 Å². The van der Waals surface area contributed by atoms with Gasteiger partial charge in [-0.1, -0.05) is 38.1 Å². The summed E-state index contributed by atoms with van der Waals surface area (Å²) in [7, 11) is -1.78. The minimum atomic E-state index is -1.78. The van der Waals surface area contributed by atoms with Gasteiger partial charge in [-0.25, -0.2) is 14.0 Å². The van der Waals surface area contributed by atoms with Gasteiger partial charge in [0.2, 0.25) is 11.8 Å². The molecule has 9 heteroatoms. The zero-order valence-corrected chi connectivity index (χ0v) is 20.6. The lowest BCUT2D eigenvalue weighted by molar-refractivity contribution is 0.0696. The molecule has 0 aliphatic carbocycles. The van der Waals surface area contributed by atoms with E-state index >= 15 is 0 Å². The lowest BCUT2D eigenvalue weighted by atomic mass is 10.00. The molecule has 2 atom stereocenters. The Morgan fingerprint density at radius 1 is 1.12 bits per heavy atom. The summed E-state index contributed by atoms with van der Waals surface area (Å²) in [5, 5.41) is 9.22. The van der Waals surface area contributed by atoms with E-state index in [2.05, 4.69) is 28.5 Å². The van der Waals surface area contributed by atoms with Crippen LogP contribution in [0.1, 0.15) is 41.8 Å². The van der Waals surface area contributed by atoms with Gasteiger partial charge in [0.25, 0.3) is 0 Å². The van der Waals surface area contributed by atoms with Gasteiger partial charge in [-0.2, -0.15) is 4.98 Å². The standard InChI is InChI=1S/C25H30N4O4S/c1-15(2)11-19(26)14-33-22-13-21(23-16(3)7-5-8-17(23)4)27-25(28-22)29-34(32)20-10-6-9-18(12-20)24(30)31/h5-10,12-13,15,19H,11,14,26H2,1-4H3,(H,30,31)(H,27,28,29). The number of carboxylic acid groups (broad SMARTS) is 1. The number of hydrogen-bond donors (Lipinski definition) is 3. The van der Waals surface area contributed by atoms with Crippen LogP contribution in [0.4, 0.5) is 5.95 Å². The third-order valence-electron chi connectivity index (χ3n) is 5.14. The summed E-state index contributed by atoms with van der Waals surface area (Å²) in [6.07, 6.45) is 0.809. The molecule has 0 saturated heterocycles. The number of carbonyl (C=O) groups is 1. The number of aryl methyl sites for hydroxylation is 2. The van der Waals surface area contributed by atoms with Crippen LogP contribution in [0.2, 0.25) is 0 Å². The smallest absolute Gasteiger partial charge is 0.335 e. The van der Waals surface area contributed by atoms with Crippen LogP contribution in [-0.4, -0.2) is 37.9 Å². The topological polar surface area (TPSA) is 127 Å². The van der Waals surface area contributed by atoms with Gasteiger partial charge in [0.15, 0.2) is 11.0 Å². The maximum atomic E-state index is 12.9. The van der Waals surface area contributed by atoms with Crippen LogP contribution in [0.15, 0.2) is 53.4 Å². The monoisotopic (exact) mass is 482 g/mol. The molecule has 2 unspecified atom stereocenters. The van der Waals surface area contributed by atoms with Crippen LogP contribution in [0.5, 0.6) is 5.88 Å². The minimum absolute atomic E-state index is 0.0426. The van der Waals surface area contributed by atoms with E-state index in [1.165, 1.54) is 18.2 Å². The molecule has 34 heavy (non-hydrogen) atoms. The minimum Gasteiger partial charge on any atom is -0.478 e. The van der Waals surface area contributed by atoms with Crippen molar-refractivity contribution in [2.75, 3.05) is 11.3 Å². The number of hydrogen-bond acceptors (Lipinski definition) is 6. The van der Waals surface area contributed by atoms with Gasteiger partial charge in [0.05, 0.1) is 16.2 Å². The Balaban J connectivity index is 1.94. The van der Waals surface area contributed by atoms with Crippen molar-refractivity contribution in [1.82, 2.24) is 9.97 Å². The average Bonchev–Trinajstić information content (AvgIpc) is 2.77. The molecule has 0 saturated carbocycles. The molecule has 180 valence electrons. The first kappa shape index (κ1) is 25.3. The van der Waals surface area contributed by atoms with Crippen LogP contribution in [-0.2, 0) is 11.0 Å². The fourth-order valence-electron chi connectivity index (χ4n) is 3.64. The molecule has 0 aliphatic heterocycles. The van der Waals surface area contributed by atoms with Gasteiger partial charge in [-0.3, -0.25) is 4.72 Å². The molecule has 0 aliphatic rings. The Morgan fingerprint density at radius 2 is 1.79 bits per heavy atom. The Morgan fingerprint density at radius 3 is 2.44 bits per heavy atom. The van der Waals surface area contributed by atoms with Gasteiger partial charge >= 0.3 is 5.97 Å². The number of nitrogens with zero attached hydrogens (tertiary/aromatic N) is 2. The molecule has 1 heterocycles. The van der Waals surface area contributed by atoms with Crippen LogP contribution in [0.3, 0.4) is 0 Å². The molecular formula is C25H30N4O4S. The number of nitrogens with one attached hydrogen (secondary N) is 1. The lowest BCUT2D eigenvalue weighted by Crippen LogP contribution is -2.29. The van der Waals surface area contributed by atoms with Crippen molar-refractivity contribution in [2.45, 2.75) is 45.1 Å². The van der Waals surface area contributed by atoms with Gasteiger partial charge < -0.3 is 15.6 Å². The molecule has 0 radical (unpaired) electrons. The Bertz CT molecular complexity index is 1180. The largest absolute Gasteiger partial charge is 0.478 e. The molecule has 0 fully saturated rings. The van der Waals surface area contributed by atoms with E-state index in [1.807, 2.05) is 32.0 Å². The van der Waals surface area contributed by atoms with E-state index in [0.29, 0.717) is 22.4 Å². The summed E-state index contributed by atoms with van der Waals surface area (Å²) >= 11 is 0.